The monoisotopic (exact) mass is 321 g/mol. The van der Waals surface area contributed by atoms with Crippen LogP contribution < -0.4 is 0 Å². The van der Waals surface area contributed by atoms with Crippen LogP contribution in [0.15, 0.2) is 18.3 Å². The first-order chi connectivity index (χ1) is 11.1. The van der Waals surface area contributed by atoms with Gasteiger partial charge in [0.05, 0.1) is 19.1 Å². The highest BCUT2D eigenvalue weighted by molar-refractivity contribution is 5.78. The molecular weight excluding hydrogens is 294 g/mol. The Kier molecular flexibility index (Phi) is 6.95. The predicted octanol–water partition coefficient (Wildman–Crippen LogP) is 0.474. The molecule has 1 aliphatic rings. The summed E-state index contributed by atoms with van der Waals surface area (Å²) in [6.45, 7) is 8.44. The molecule has 1 aromatic rings. The number of β-amino-alcohol motifs (C(OH)–C–C–N with tert-alkyl or cyclic N) is 1. The summed E-state index contributed by atoms with van der Waals surface area (Å²) in [7, 11) is 0. The van der Waals surface area contributed by atoms with Crippen molar-refractivity contribution in [3.8, 4) is 0 Å². The molecule has 1 amide bonds. The summed E-state index contributed by atoms with van der Waals surface area (Å²) < 4.78 is 5.22. The molecule has 128 valence electrons. The highest BCUT2D eigenvalue weighted by Crippen LogP contribution is 2.07. The minimum atomic E-state index is -0.462. The number of hydrogen-bond donors (Lipinski definition) is 1. The van der Waals surface area contributed by atoms with E-state index in [1.165, 1.54) is 0 Å². The molecule has 2 rings (SSSR count). The quantitative estimate of drug-likeness (QED) is 0.791. The van der Waals surface area contributed by atoms with Crippen LogP contribution >= 0.6 is 0 Å². The number of ether oxygens (including phenoxy) is 1. The molecule has 0 radical (unpaired) electrons. The maximum Gasteiger partial charge on any atom is 0.227 e. The van der Waals surface area contributed by atoms with Crippen LogP contribution in [0, 0.1) is 6.92 Å². The highest BCUT2D eigenvalue weighted by Gasteiger charge is 2.22. The topological polar surface area (TPSA) is 65.9 Å². The molecule has 1 aromatic heterocycles. The Hall–Kier alpha value is -1.50. The maximum absolute atomic E-state index is 12.3. The van der Waals surface area contributed by atoms with E-state index >= 15 is 0 Å². The number of aliphatic hydroxyl groups is 1. The average Bonchev–Trinajstić information content (AvgIpc) is 2.55. The summed E-state index contributed by atoms with van der Waals surface area (Å²) in [5, 5.41) is 9.87. The number of rotatable bonds is 7. The van der Waals surface area contributed by atoms with Gasteiger partial charge in [0.25, 0.3) is 0 Å². The zero-order valence-electron chi connectivity index (χ0n) is 14.1. The molecule has 1 fully saturated rings. The third-order valence-electron chi connectivity index (χ3n) is 4.04. The third-order valence-corrected chi connectivity index (χ3v) is 4.04. The maximum atomic E-state index is 12.3. The molecule has 0 aliphatic carbocycles. The van der Waals surface area contributed by atoms with Gasteiger partial charge in [0.2, 0.25) is 5.91 Å². The summed E-state index contributed by atoms with van der Waals surface area (Å²) in [4.78, 5) is 20.6. The lowest BCUT2D eigenvalue weighted by Gasteiger charge is -2.35. The molecule has 0 saturated carbocycles. The standard InChI is InChI=1S/C17H27N3O3/c1-3-23-13-16(21)12-19-6-8-20(9-7-19)17(22)10-15-5-4-14(2)18-11-15/h4-5,11,16,21H,3,6-10,12-13H2,1-2H3. The van der Waals surface area contributed by atoms with Crippen molar-refractivity contribution in [2.75, 3.05) is 45.9 Å². The summed E-state index contributed by atoms with van der Waals surface area (Å²) in [5.74, 6) is 0.144. The predicted molar refractivity (Wildman–Crippen MR) is 88.2 cm³/mol. The van der Waals surface area contributed by atoms with Crippen molar-refractivity contribution in [3.05, 3.63) is 29.6 Å². The molecule has 1 saturated heterocycles. The fraction of sp³-hybridized carbons (Fsp3) is 0.647. The zero-order chi connectivity index (χ0) is 16.7. The molecule has 1 aliphatic heterocycles. The van der Waals surface area contributed by atoms with E-state index in [0.717, 1.165) is 24.3 Å². The van der Waals surface area contributed by atoms with Crippen LogP contribution in [0.1, 0.15) is 18.2 Å². The van der Waals surface area contributed by atoms with Gasteiger partial charge in [-0.3, -0.25) is 14.7 Å². The largest absolute Gasteiger partial charge is 0.389 e. The van der Waals surface area contributed by atoms with E-state index in [1.54, 1.807) is 6.20 Å². The van der Waals surface area contributed by atoms with Crippen LogP contribution in [0.2, 0.25) is 0 Å². The van der Waals surface area contributed by atoms with Crippen molar-refractivity contribution in [2.45, 2.75) is 26.4 Å². The van der Waals surface area contributed by atoms with Crippen LogP contribution in [-0.2, 0) is 16.0 Å². The molecule has 23 heavy (non-hydrogen) atoms. The van der Waals surface area contributed by atoms with Gasteiger partial charge in [-0.2, -0.15) is 0 Å². The molecule has 6 heteroatoms. The van der Waals surface area contributed by atoms with Crippen molar-refractivity contribution in [2.24, 2.45) is 0 Å². The second-order valence-corrected chi connectivity index (χ2v) is 5.98. The first kappa shape index (κ1) is 17.8. The van der Waals surface area contributed by atoms with E-state index in [1.807, 2.05) is 30.9 Å². The fourth-order valence-electron chi connectivity index (χ4n) is 2.67. The minimum absolute atomic E-state index is 0.144. The fourth-order valence-corrected chi connectivity index (χ4v) is 2.67. The van der Waals surface area contributed by atoms with Crippen molar-refractivity contribution in [3.63, 3.8) is 0 Å². The van der Waals surface area contributed by atoms with Crippen LogP contribution in [0.25, 0.3) is 0 Å². The van der Waals surface area contributed by atoms with Crippen LogP contribution in [-0.4, -0.2) is 77.8 Å². The van der Waals surface area contributed by atoms with Gasteiger partial charge in [0.15, 0.2) is 0 Å². The Morgan fingerprint density at radius 3 is 2.70 bits per heavy atom. The Labute approximate surface area is 138 Å². The smallest absolute Gasteiger partial charge is 0.227 e. The lowest BCUT2D eigenvalue weighted by atomic mass is 10.1. The van der Waals surface area contributed by atoms with Crippen LogP contribution in [0.4, 0.5) is 0 Å². The number of carbonyl (C=O) groups is 1. The first-order valence-electron chi connectivity index (χ1n) is 8.26. The molecule has 0 bridgehead atoms. The molecule has 0 spiro atoms. The number of pyridine rings is 1. The van der Waals surface area contributed by atoms with Crippen LogP contribution in [0.3, 0.4) is 0 Å². The van der Waals surface area contributed by atoms with Crippen molar-refractivity contribution >= 4 is 5.91 Å². The molecule has 1 atom stereocenters. The van der Waals surface area contributed by atoms with Crippen molar-refractivity contribution in [1.82, 2.24) is 14.8 Å². The lowest BCUT2D eigenvalue weighted by Crippen LogP contribution is -2.51. The highest BCUT2D eigenvalue weighted by atomic mass is 16.5. The van der Waals surface area contributed by atoms with E-state index in [0.29, 0.717) is 39.3 Å². The number of hydrogen-bond acceptors (Lipinski definition) is 5. The minimum Gasteiger partial charge on any atom is -0.389 e. The Balaban J connectivity index is 1.73. The number of amides is 1. The van der Waals surface area contributed by atoms with E-state index in [9.17, 15) is 9.90 Å². The summed E-state index contributed by atoms with van der Waals surface area (Å²) in [5.41, 5.74) is 1.91. The lowest BCUT2D eigenvalue weighted by molar-refractivity contribution is -0.132. The normalized spacial score (nSPS) is 17.3. The molecule has 0 aromatic carbocycles. The Morgan fingerprint density at radius 2 is 2.09 bits per heavy atom. The van der Waals surface area contributed by atoms with Crippen molar-refractivity contribution < 1.29 is 14.6 Å². The number of aliphatic hydroxyl groups excluding tert-OH is 1. The third kappa shape index (κ3) is 5.89. The number of aryl methyl sites for hydroxylation is 1. The van der Waals surface area contributed by atoms with Gasteiger partial charge in [-0.15, -0.1) is 0 Å². The van der Waals surface area contributed by atoms with Gasteiger partial charge in [0, 0.05) is 51.2 Å². The van der Waals surface area contributed by atoms with Gasteiger partial charge in [0.1, 0.15) is 0 Å². The van der Waals surface area contributed by atoms with Gasteiger partial charge >= 0.3 is 0 Å². The van der Waals surface area contributed by atoms with E-state index < -0.39 is 6.10 Å². The molecule has 2 heterocycles. The average molecular weight is 321 g/mol. The zero-order valence-corrected chi connectivity index (χ0v) is 14.1. The number of nitrogens with zero attached hydrogens (tertiary/aromatic N) is 3. The summed E-state index contributed by atoms with van der Waals surface area (Å²) in [6, 6.07) is 3.89. The summed E-state index contributed by atoms with van der Waals surface area (Å²) >= 11 is 0. The molecule has 1 N–H and O–H groups in total. The van der Waals surface area contributed by atoms with E-state index in [2.05, 4.69) is 9.88 Å². The van der Waals surface area contributed by atoms with Gasteiger partial charge in [-0.25, -0.2) is 0 Å². The second kappa shape index (κ2) is 8.96. The van der Waals surface area contributed by atoms with E-state index in [4.69, 9.17) is 4.74 Å². The molecule has 1 unspecified atom stereocenters. The molecule has 6 nitrogen and oxygen atoms in total. The summed E-state index contributed by atoms with van der Waals surface area (Å²) in [6.07, 6.45) is 1.71. The van der Waals surface area contributed by atoms with Gasteiger partial charge < -0.3 is 14.7 Å². The van der Waals surface area contributed by atoms with Gasteiger partial charge in [-0.05, 0) is 25.5 Å². The Bertz CT molecular complexity index is 484. The second-order valence-electron chi connectivity index (χ2n) is 5.98. The first-order valence-corrected chi connectivity index (χ1v) is 8.26. The van der Waals surface area contributed by atoms with Crippen LogP contribution in [0.5, 0.6) is 0 Å². The Morgan fingerprint density at radius 1 is 1.35 bits per heavy atom. The van der Waals surface area contributed by atoms with Gasteiger partial charge in [-0.1, -0.05) is 6.07 Å². The molecular formula is C17H27N3O3. The number of piperazine rings is 1. The van der Waals surface area contributed by atoms with Crippen molar-refractivity contribution in [1.29, 1.82) is 0 Å². The number of carbonyl (C=O) groups excluding carboxylic acids is 1. The number of aromatic nitrogens is 1. The SMILES string of the molecule is CCOCC(O)CN1CCN(C(=O)Cc2ccc(C)nc2)CC1. The van der Waals surface area contributed by atoms with E-state index in [-0.39, 0.29) is 5.91 Å².